The lowest BCUT2D eigenvalue weighted by atomic mass is 9.75. The lowest BCUT2D eigenvalue weighted by Crippen LogP contribution is -2.55. The van der Waals surface area contributed by atoms with Crippen LogP contribution in [0.1, 0.15) is 79.2 Å². The summed E-state index contributed by atoms with van der Waals surface area (Å²) in [4.78, 5) is 17.3. The normalized spacial score (nSPS) is 36.1. The van der Waals surface area contributed by atoms with Crippen molar-refractivity contribution in [3.63, 3.8) is 0 Å². The number of hydrogen-bond donors (Lipinski definition) is 4. The minimum absolute atomic E-state index is 0.0875. The molecule has 0 spiro atoms. The summed E-state index contributed by atoms with van der Waals surface area (Å²) in [5, 5.41) is 30.4. The molecule has 1 aliphatic heterocycles. The van der Waals surface area contributed by atoms with Crippen LogP contribution in [0.4, 0.5) is 0 Å². The number of nitrogens with zero attached hydrogens (tertiary/aromatic N) is 1. The van der Waals surface area contributed by atoms with Gasteiger partial charge in [0.2, 0.25) is 0 Å². The number of pyridine rings is 1. The zero-order chi connectivity index (χ0) is 26.2. The first-order valence-electron chi connectivity index (χ1n) is 13.1. The van der Waals surface area contributed by atoms with Gasteiger partial charge in [-0.3, -0.25) is 4.79 Å². The number of aliphatic hydroxyl groups is 2. The van der Waals surface area contributed by atoms with Gasteiger partial charge in [-0.2, -0.15) is 0 Å². The van der Waals surface area contributed by atoms with E-state index in [4.69, 9.17) is 16.3 Å². The van der Waals surface area contributed by atoms with E-state index in [0.29, 0.717) is 30.5 Å². The topological polar surface area (TPSA) is 104 Å². The monoisotopic (exact) mass is 511 g/mol. The summed E-state index contributed by atoms with van der Waals surface area (Å²) in [6.45, 7) is 13.2. The molecule has 0 saturated carbocycles. The lowest BCUT2D eigenvalue weighted by Gasteiger charge is -2.40. The van der Waals surface area contributed by atoms with E-state index in [-0.39, 0.29) is 18.5 Å². The van der Waals surface area contributed by atoms with Gasteiger partial charge in [-0.05, 0) is 82.5 Å². The quantitative estimate of drug-likeness (QED) is 0.348. The Hall–Kier alpha value is -1.25. The summed E-state index contributed by atoms with van der Waals surface area (Å²) in [6.07, 6.45) is 4.73. The number of aromatic nitrogens is 1. The Labute approximate surface area is 216 Å². The van der Waals surface area contributed by atoms with Crippen molar-refractivity contribution in [3.8, 4) is 0 Å². The first-order valence-corrected chi connectivity index (χ1v) is 13.5. The van der Waals surface area contributed by atoms with E-state index < -0.39 is 29.2 Å². The van der Waals surface area contributed by atoms with Gasteiger partial charge >= 0.3 is 5.97 Å². The number of ether oxygens (including phenoxy) is 1. The average molecular weight is 512 g/mol. The second-order valence-corrected chi connectivity index (χ2v) is 11.3. The van der Waals surface area contributed by atoms with Gasteiger partial charge in [0.15, 0.2) is 0 Å². The molecule has 2 heterocycles. The van der Waals surface area contributed by atoms with Crippen molar-refractivity contribution in [1.29, 1.82) is 0 Å². The predicted octanol–water partition coefficient (Wildman–Crippen LogP) is 4.09. The summed E-state index contributed by atoms with van der Waals surface area (Å²) in [5.74, 6) is -0.916. The van der Waals surface area contributed by atoms with Crippen molar-refractivity contribution in [3.05, 3.63) is 29.0 Å². The number of esters is 1. The number of carbonyl (C=O) groups is 1. The highest BCUT2D eigenvalue weighted by Gasteiger charge is 2.45. The Morgan fingerprint density at radius 1 is 1.26 bits per heavy atom. The van der Waals surface area contributed by atoms with Crippen molar-refractivity contribution in [2.24, 2.45) is 17.8 Å². The van der Waals surface area contributed by atoms with Gasteiger partial charge in [-0.1, -0.05) is 38.8 Å². The molecule has 7 nitrogen and oxygen atoms in total. The summed E-state index contributed by atoms with van der Waals surface area (Å²) in [5.41, 5.74) is -1.54. The van der Waals surface area contributed by atoms with E-state index in [0.717, 1.165) is 31.4 Å². The van der Waals surface area contributed by atoms with Crippen LogP contribution < -0.4 is 10.6 Å². The van der Waals surface area contributed by atoms with Crippen LogP contribution in [0.15, 0.2) is 18.3 Å². The third-order valence-corrected chi connectivity index (χ3v) is 7.88. The highest BCUT2D eigenvalue weighted by atomic mass is 35.5. The van der Waals surface area contributed by atoms with Crippen molar-refractivity contribution in [1.82, 2.24) is 15.6 Å². The van der Waals surface area contributed by atoms with Crippen LogP contribution in [-0.4, -0.2) is 57.6 Å². The predicted molar refractivity (Wildman–Crippen MR) is 140 cm³/mol. The fraction of sp³-hybridized carbons (Fsp3) is 0.778. The molecule has 1 aromatic rings. The highest BCUT2D eigenvalue weighted by molar-refractivity contribution is 6.29. The number of carbonyl (C=O) groups excluding carboxylic acids is 1. The van der Waals surface area contributed by atoms with E-state index in [1.165, 1.54) is 0 Å². The largest absolute Gasteiger partial charge is 0.459 e. The molecule has 0 radical (unpaired) electrons. The van der Waals surface area contributed by atoms with Crippen LogP contribution in [0, 0.1) is 17.8 Å². The Bertz CT molecular complexity index is 808. The molecular weight excluding hydrogens is 466 g/mol. The van der Waals surface area contributed by atoms with Crippen LogP contribution in [0.2, 0.25) is 5.15 Å². The number of halogens is 1. The molecule has 0 bridgehead atoms. The van der Waals surface area contributed by atoms with Crippen molar-refractivity contribution < 1.29 is 19.7 Å². The van der Waals surface area contributed by atoms with Gasteiger partial charge in [-0.15, -0.1) is 0 Å². The summed E-state index contributed by atoms with van der Waals surface area (Å²) in [6, 6.07) is 3.73. The van der Waals surface area contributed by atoms with E-state index in [1.54, 1.807) is 26.1 Å². The van der Waals surface area contributed by atoms with Gasteiger partial charge in [0.25, 0.3) is 0 Å². The van der Waals surface area contributed by atoms with Gasteiger partial charge in [0.05, 0.1) is 11.5 Å². The second-order valence-electron chi connectivity index (χ2n) is 10.9. The molecule has 4 N–H and O–H groups in total. The molecule has 1 aliphatic rings. The summed E-state index contributed by atoms with van der Waals surface area (Å²) < 4.78 is 5.87. The Balaban J connectivity index is 2.25. The minimum atomic E-state index is -1.31. The number of hydrogen-bond acceptors (Lipinski definition) is 7. The fourth-order valence-electron chi connectivity index (χ4n) is 5.16. The standard InChI is InChI=1S/C27H46ClN3O4/c1-7-23-26(6,33)14-20(4)31-15-18(2)9-8-10-19(3)27(34,21(5)25(32)35-23)17-29-16-22-11-12-30-24(28)13-22/h11-13,18-21,23,29,31,33-34H,7-10,14-17H2,1-6H3/t18-,19-,20-,21?,23-,26+,27-/m1/s1. The van der Waals surface area contributed by atoms with Gasteiger partial charge in [-0.25, -0.2) is 4.98 Å². The Kier molecular flexibility index (Phi) is 11.4. The molecule has 1 saturated heterocycles. The van der Waals surface area contributed by atoms with Crippen LogP contribution in [0.3, 0.4) is 0 Å². The average Bonchev–Trinajstić information content (AvgIpc) is 2.79. The Morgan fingerprint density at radius 3 is 2.63 bits per heavy atom. The first-order chi connectivity index (χ1) is 16.4. The molecule has 0 aliphatic carbocycles. The molecule has 35 heavy (non-hydrogen) atoms. The highest BCUT2D eigenvalue weighted by Crippen LogP contribution is 2.33. The second kappa shape index (κ2) is 13.3. The number of nitrogens with one attached hydrogen (secondary N) is 2. The minimum Gasteiger partial charge on any atom is -0.459 e. The third kappa shape index (κ3) is 8.67. The molecule has 200 valence electrons. The van der Waals surface area contributed by atoms with Crippen molar-refractivity contribution in [2.75, 3.05) is 13.1 Å². The smallest absolute Gasteiger partial charge is 0.312 e. The Morgan fingerprint density at radius 2 is 1.97 bits per heavy atom. The fourth-order valence-corrected chi connectivity index (χ4v) is 5.36. The van der Waals surface area contributed by atoms with Crippen LogP contribution in [0.5, 0.6) is 0 Å². The lowest BCUT2D eigenvalue weighted by molar-refractivity contribution is -0.181. The van der Waals surface area contributed by atoms with E-state index in [9.17, 15) is 15.0 Å². The molecule has 8 heteroatoms. The molecule has 1 fully saturated rings. The van der Waals surface area contributed by atoms with E-state index in [1.807, 2.05) is 19.9 Å². The van der Waals surface area contributed by atoms with E-state index >= 15 is 0 Å². The van der Waals surface area contributed by atoms with Gasteiger partial charge in [0.1, 0.15) is 16.9 Å². The third-order valence-electron chi connectivity index (χ3n) is 7.68. The van der Waals surface area contributed by atoms with Gasteiger partial charge < -0.3 is 25.6 Å². The maximum absolute atomic E-state index is 13.3. The molecule has 0 amide bonds. The molecule has 1 unspecified atom stereocenters. The number of cyclic esters (lactones) is 1. The molecule has 7 atom stereocenters. The van der Waals surface area contributed by atoms with Crippen LogP contribution >= 0.6 is 11.6 Å². The number of rotatable bonds is 5. The van der Waals surface area contributed by atoms with E-state index in [2.05, 4.69) is 29.5 Å². The van der Waals surface area contributed by atoms with Crippen LogP contribution in [-0.2, 0) is 16.1 Å². The maximum Gasteiger partial charge on any atom is 0.312 e. The van der Waals surface area contributed by atoms with Gasteiger partial charge in [0, 0.05) is 25.3 Å². The van der Waals surface area contributed by atoms with Crippen molar-refractivity contribution >= 4 is 17.6 Å². The van der Waals surface area contributed by atoms with Crippen LogP contribution in [0.25, 0.3) is 0 Å². The SMILES string of the molecule is CC[C@H]1OC(=O)C(C)[C@@](O)(CNCc2ccnc(Cl)c2)[C@H](C)CCC[C@@H](C)CN[C@H](C)C[C@]1(C)O. The molecule has 2 rings (SSSR count). The maximum atomic E-state index is 13.3. The summed E-state index contributed by atoms with van der Waals surface area (Å²) >= 11 is 6.00. The zero-order valence-electron chi connectivity index (χ0n) is 22.3. The zero-order valence-corrected chi connectivity index (χ0v) is 23.1. The first kappa shape index (κ1) is 30.0. The summed E-state index contributed by atoms with van der Waals surface area (Å²) in [7, 11) is 0. The molecular formula is C27H46ClN3O4. The van der Waals surface area contributed by atoms with Crippen molar-refractivity contribution in [2.45, 2.75) is 104 Å². The molecule has 0 aromatic carbocycles. The molecule has 1 aromatic heterocycles.